The summed E-state index contributed by atoms with van der Waals surface area (Å²) in [6.45, 7) is 0. The fourth-order valence-corrected chi connectivity index (χ4v) is 2.39. The van der Waals surface area contributed by atoms with Crippen LogP contribution in [0.15, 0.2) is 22.8 Å². The molecule has 0 atom stereocenters. The second kappa shape index (κ2) is 5.15. The summed E-state index contributed by atoms with van der Waals surface area (Å²) in [5.74, 6) is 1.77. The van der Waals surface area contributed by atoms with Gasteiger partial charge in [-0.25, -0.2) is 0 Å². The summed E-state index contributed by atoms with van der Waals surface area (Å²) in [5.41, 5.74) is 0. The molecule has 0 N–H and O–H groups in total. The third-order valence-corrected chi connectivity index (χ3v) is 3.19. The summed E-state index contributed by atoms with van der Waals surface area (Å²) < 4.78 is 5.17. The van der Waals surface area contributed by atoms with Crippen LogP contribution in [0.3, 0.4) is 0 Å². The van der Waals surface area contributed by atoms with Crippen molar-refractivity contribution in [1.29, 1.82) is 0 Å². The molecule has 0 aliphatic heterocycles. The summed E-state index contributed by atoms with van der Waals surface area (Å²) in [5, 5.41) is 0. The molecule has 0 aromatic carbocycles. The van der Waals surface area contributed by atoms with E-state index in [4.69, 9.17) is 4.42 Å². The molecule has 0 radical (unpaired) electrons. The van der Waals surface area contributed by atoms with Crippen molar-refractivity contribution in [2.75, 3.05) is 0 Å². The fourth-order valence-electron chi connectivity index (χ4n) is 2.39. The van der Waals surface area contributed by atoms with E-state index in [0.717, 1.165) is 12.2 Å². The third-order valence-electron chi connectivity index (χ3n) is 3.19. The summed E-state index contributed by atoms with van der Waals surface area (Å²) in [6.07, 6.45) is 9.29. The SMILES string of the molecule is O=C(Cc1ccco1)CC1CCCCC1. The Labute approximate surface area is 90.7 Å². The van der Waals surface area contributed by atoms with Gasteiger partial charge in [0.15, 0.2) is 0 Å². The molecule has 0 bridgehead atoms. The topological polar surface area (TPSA) is 30.2 Å². The van der Waals surface area contributed by atoms with E-state index in [1.165, 1.54) is 32.1 Å². The lowest BCUT2D eigenvalue weighted by Crippen LogP contribution is -2.13. The molecule has 0 spiro atoms. The molecule has 2 nitrogen and oxygen atoms in total. The predicted molar refractivity (Wildman–Crippen MR) is 58.6 cm³/mol. The monoisotopic (exact) mass is 206 g/mol. The number of carbonyl (C=O) groups excluding carboxylic acids is 1. The van der Waals surface area contributed by atoms with Crippen molar-refractivity contribution >= 4 is 5.78 Å². The van der Waals surface area contributed by atoms with E-state index in [2.05, 4.69) is 0 Å². The number of furan rings is 1. The van der Waals surface area contributed by atoms with Crippen LogP contribution in [0.2, 0.25) is 0 Å². The smallest absolute Gasteiger partial charge is 0.140 e. The van der Waals surface area contributed by atoms with Crippen molar-refractivity contribution < 1.29 is 9.21 Å². The molecule has 1 aromatic rings. The van der Waals surface area contributed by atoms with Gasteiger partial charge in [-0.15, -0.1) is 0 Å². The minimum Gasteiger partial charge on any atom is -0.469 e. The van der Waals surface area contributed by atoms with Crippen molar-refractivity contribution in [2.45, 2.75) is 44.9 Å². The number of hydrogen-bond donors (Lipinski definition) is 0. The lowest BCUT2D eigenvalue weighted by atomic mass is 9.85. The van der Waals surface area contributed by atoms with Crippen LogP contribution in [0.4, 0.5) is 0 Å². The van der Waals surface area contributed by atoms with Gasteiger partial charge in [0.1, 0.15) is 11.5 Å². The van der Waals surface area contributed by atoms with Gasteiger partial charge in [0, 0.05) is 6.42 Å². The van der Waals surface area contributed by atoms with Gasteiger partial charge in [-0.05, 0) is 18.1 Å². The number of hydrogen-bond acceptors (Lipinski definition) is 2. The molecule has 1 aliphatic rings. The van der Waals surface area contributed by atoms with Gasteiger partial charge in [0.2, 0.25) is 0 Å². The van der Waals surface area contributed by atoms with E-state index in [1.54, 1.807) is 6.26 Å². The lowest BCUT2D eigenvalue weighted by molar-refractivity contribution is -0.119. The van der Waals surface area contributed by atoms with Gasteiger partial charge in [0.05, 0.1) is 12.7 Å². The van der Waals surface area contributed by atoms with Gasteiger partial charge >= 0.3 is 0 Å². The Morgan fingerprint density at radius 2 is 2.13 bits per heavy atom. The summed E-state index contributed by atoms with van der Waals surface area (Å²) in [4.78, 5) is 11.7. The van der Waals surface area contributed by atoms with Crippen LogP contribution < -0.4 is 0 Å². The fraction of sp³-hybridized carbons (Fsp3) is 0.615. The molecule has 2 rings (SSSR count). The number of carbonyl (C=O) groups is 1. The molecule has 0 saturated heterocycles. The molecule has 82 valence electrons. The molecule has 1 heterocycles. The van der Waals surface area contributed by atoms with Crippen LogP contribution in [0, 0.1) is 5.92 Å². The largest absolute Gasteiger partial charge is 0.469 e. The van der Waals surface area contributed by atoms with Gasteiger partial charge in [0.25, 0.3) is 0 Å². The first kappa shape index (κ1) is 10.5. The summed E-state index contributed by atoms with van der Waals surface area (Å²) >= 11 is 0. The highest BCUT2D eigenvalue weighted by atomic mass is 16.3. The van der Waals surface area contributed by atoms with Crippen molar-refractivity contribution in [3.05, 3.63) is 24.2 Å². The Kier molecular flexibility index (Phi) is 3.59. The van der Waals surface area contributed by atoms with Crippen molar-refractivity contribution in [3.63, 3.8) is 0 Å². The van der Waals surface area contributed by atoms with E-state index >= 15 is 0 Å². The van der Waals surface area contributed by atoms with Crippen LogP contribution in [0.25, 0.3) is 0 Å². The first-order valence-electron chi connectivity index (χ1n) is 5.88. The zero-order chi connectivity index (χ0) is 10.5. The standard InChI is InChI=1S/C13H18O2/c14-12(10-13-7-4-8-15-13)9-11-5-2-1-3-6-11/h4,7-8,11H,1-3,5-6,9-10H2. The third kappa shape index (κ3) is 3.22. The van der Waals surface area contributed by atoms with E-state index in [0.29, 0.717) is 18.1 Å². The van der Waals surface area contributed by atoms with Gasteiger partial charge in [-0.2, -0.15) is 0 Å². The predicted octanol–water partition coefficient (Wildman–Crippen LogP) is 3.36. The minimum atomic E-state index is 0.330. The van der Waals surface area contributed by atoms with Crippen molar-refractivity contribution in [2.24, 2.45) is 5.92 Å². The summed E-state index contributed by atoms with van der Waals surface area (Å²) in [7, 11) is 0. The second-order valence-electron chi connectivity index (χ2n) is 4.50. The molecule has 0 unspecified atom stereocenters. The molecule has 1 aromatic heterocycles. The van der Waals surface area contributed by atoms with Gasteiger partial charge in [-0.1, -0.05) is 32.1 Å². The van der Waals surface area contributed by atoms with Gasteiger partial charge in [-0.3, -0.25) is 4.79 Å². The highest BCUT2D eigenvalue weighted by Gasteiger charge is 2.17. The van der Waals surface area contributed by atoms with Crippen LogP contribution in [0.5, 0.6) is 0 Å². The van der Waals surface area contributed by atoms with Crippen LogP contribution in [0.1, 0.15) is 44.3 Å². The minimum absolute atomic E-state index is 0.330. The first-order valence-corrected chi connectivity index (χ1v) is 5.88. The normalized spacial score (nSPS) is 17.9. The molecule has 0 amide bonds. The number of Topliss-reactive ketones (excluding diaryl/α,β-unsaturated/α-hetero) is 1. The average Bonchev–Trinajstić information content (AvgIpc) is 2.71. The number of ketones is 1. The van der Waals surface area contributed by atoms with Crippen molar-refractivity contribution in [3.8, 4) is 0 Å². The van der Waals surface area contributed by atoms with E-state index in [9.17, 15) is 4.79 Å². The first-order chi connectivity index (χ1) is 7.34. The maximum absolute atomic E-state index is 11.7. The highest BCUT2D eigenvalue weighted by Crippen LogP contribution is 2.26. The quantitative estimate of drug-likeness (QED) is 0.756. The Morgan fingerprint density at radius 1 is 1.33 bits per heavy atom. The van der Waals surface area contributed by atoms with Gasteiger partial charge < -0.3 is 4.42 Å². The molecule has 1 aliphatic carbocycles. The second-order valence-corrected chi connectivity index (χ2v) is 4.50. The van der Waals surface area contributed by atoms with E-state index in [1.807, 2.05) is 12.1 Å². The van der Waals surface area contributed by atoms with Crippen LogP contribution >= 0.6 is 0 Å². The maximum Gasteiger partial charge on any atom is 0.140 e. The Bertz CT molecular complexity index is 294. The highest BCUT2D eigenvalue weighted by molar-refractivity contribution is 5.80. The maximum atomic E-state index is 11.7. The molecule has 1 fully saturated rings. The molecular formula is C13H18O2. The van der Waals surface area contributed by atoms with E-state index in [-0.39, 0.29) is 0 Å². The molecule has 2 heteroatoms. The zero-order valence-corrected chi connectivity index (χ0v) is 9.08. The van der Waals surface area contributed by atoms with Crippen LogP contribution in [-0.4, -0.2) is 5.78 Å². The van der Waals surface area contributed by atoms with E-state index < -0.39 is 0 Å². The Morgan fingerprint density at radius 3 is 2.80 bits per heavy atom. The molecular weight excluding hydrogens is 188 g/mol. The van der Waals surface area contributed by atoms with Crippen molar-refractivity contribution in [1.82, 2.24) is 0 Å². The number of rotatable bonds is 4. The Hall–Kier alpha value is -1.05. The molecule has 1 saturated carbocycles. The summed E-state index contributed by atoms with van der Waals surface area (Å²) in [6, 6.07) is 3.71. The van der Waals surface area contributed by atoms with Crippen LogP contribution in [-0.2, 0) is 11.2 Å². The zero-order valence-electron chi connectivity index (χ0n) is 9.08. The Balaban J connectivity index is 1.76. The molecule has 15 heavy (non-hydrogen) atoms. The lowest BCUT2D eigenvalue weighted by Gasteiger charge is -2.20. The average molecular weight is 206 g/mol.